The van der Waals surface area contributed by atoms with Crippen LogP contribution in [0.4, 0.5) is 5.82 Å². The van der Waals surface area contributed by atoms with Gasteiger partial charge in [0, 0.05) is 32.2 Å². The molecule has 1 amide bonds. The number of anilines is 1. The molecule has 9 nitrogen and oxygen atoms in total. The molecule has 2 aromatic heterocycles. The zero-order valence-electron chi connectivity index (χ0n) is 15.7. The molecule has 0 radical (unpaired) electrons. The first-order valence-corrected chi connectivity index (χ1v) is 9.00. The van der Waals surface area contributed by atoms with Crippen LogP contribution >= 0.6 is 0 Å². The van der Waals surface area contributed by atoms with Gasteiger partial charge in [-0.15, -0.1) is 0 Å². The molecule has 26 heavy (non-hydrogen) atoms. The van der Waals surface area contributed by atoms with Crippen LogP contribution in [0.15, 0.2) is 15.1 Å². The van der Waals surface area contributed by atoms with Crippen LogP contribution in [0.5, 0.6) is 0 Å². The monoisotopic (exact) mass is 362 g/mol. The summed E-state index contributed by atoms with van der Waals surface area (Å²) in [4.78, 5) is 21.4. The molecule has 1 N–H and O–H groups in total. The highest BCUT2D eigenvalue weighted by Gasteiger charge is 2.31. The number of nitrogens with one attached hydrogen (secondary N) is 1. The predicted octanol–water partition coefficient (Wildman–Crippen LogP) is 1.77. The van der Waals surface area contributed by atoms with Crippen molar-refractivity contribution in [2.24, 2.45) is 0 Å². The first-order valence-electron chi connectivity index (χ1n) is 9.00. The lowest BCUT2D eigenvalue weighted by molar-refractivity contribution is -0.122. The molecule has 0 aliphatic carbocycles. The summed E-state index contributed by atoms with van der Waals surface area (Å²) in [7, 11) is 0. The summed E-state index contributed by atoms with van der Waals surface area (Å²) in [6.07, 6.45) is 0.737. The maximum Gasteiger partial charge on any atom is 0.243 e. The van der Waals surface area contributed by atoms with E-state index in [0.717, 1.165) is 32.6 Å². The number of aryl methyl sites for hydroxylation is 2. The Balaban J connectivity index is 1.56. The highest BCUT2D eigenvalue weighted by Crippen LogP contribution is 2.21. The highest BCUT2D eigenvalue weighted by atomic mass is 16.5. The van der Waals surface area contributed by atoms with E-state index in [1.807, 2.05) is 13.8 Å². The van der Waals surface area contributed by atoms with Gasteiger partial charge in [-0.2, -0.15) is 4.98 Å². The van der Waals surface area contributed by atoms with Crippen LogP contribution in [0, 0.1) is 13.8 Å². The Labute approximate surface area is 152 Å². The third-order valence-electron chi connectivity index (χ3n) is 4.81. The Morgan fingerprint density at radius 2 is 1.88 bits per heavy atom. The van der Waals surface area contributed by atoms with Gasteiger partial charge in [-0.05, 0) is 27.2 Å². The number of aromatic nitrogens is 3. The zero-order valence-corrected chi connectivity index (χ0v) is 15.7. The molecule has 2 unspecified atom stereocenters. The molecule has 0 bridgehead atoms. The second kappa shape index (κ2) is 7.96. The van der Waals surface area contributed by atoms with Crippen molar-refractivity contribution in [1.82, 2.24) is 25.1 Å². The Morgan fingerprint density at radius 3 is 2.42 bits per heavy atom. The summed E-state index contributed by atoms with van der Waals surface area (Å²) >= 11 is 0. The van der Waals surface area contributed by atoms with E-state index < -0.39 is 0 Å². The maximum atomic E-state index is 12.6. The number of rotatable bonds is 6. The molecule has 1 aliphatic heterocycles. The molecule has 1 aliphatic rings. The van der Waals surface area contributed by atoms with Crippen LogP contribution in [0.25, 0.3) is 0 Å². The summed E-state index contributed by atoms with van der Waals surface area (Å²) in [5.74, 6) is 2.38. The number of nitrogens with zero attached hydrogens (tertiary/aromatic N) is 5. The van der Waals surface area contributed by atoms with Crippen molar-refractivity contribution in [3.05, 3.63) is 23.5 Å². The molecule has 3 rings (SSSR count). The minimum Gasteiger partial charge on any atom is -0.360 e. The predicted molar refractivity (Wildman–Crippen MR) is 94.5 cm³/mol. The summed E-state index contributed by atoms with van der Waals surface area (Å²) in [5, 5.41) is 10.5. The number of amides is 1. The fourth-order valence-corrected chi connectivity index (χ4v) is 3.32. The van der Waals surface area contributed by atoms with Crippen LogP contribution in [0.2, 0.25) is 0 Å². The van der Waals surface area contributed by atoms with Crippen molar-refractivity contribution in [3.63, 3.8) is 0 Å². The topological polar surface area (TPSA) is 101 Å². The Hall–Kier alpha value is -2.26. The fourth-order valence-electron chi connectivity index (χ4n) is 3.32. The lowest BCUT2D eigenvalue weighted by Crippen LogP contribution is -2.54. The molecular formula is C17H26N6O3. The number of hydrogen-bond acceptors (Lipinski definition) is 8. The van der Waals surface area contributed by atoms with Gasteiger partial charge >= 0.3 is 0 Å². The second-order valence-electron chi connectivity index (χ2n) is 6.66. The van der Waals surface area contributed by atoms with E-state index in [2.05, 4.69) is 37.3 Å². The van der Waals surface area contributed by atoms with Gasteiger partial charge < -0.3 is 14.4 Å². The average Bonchev–Trinajstić information content (AvgIpc) is 3.24. The van der Waals surface area contributed by atoms with Gasteiger partial charge in [0.1, 0.15) is 5.76 Å². The Bertz CT molecular complexity index is 734. The van der Waals surface area contributed by atoms with Gasteiger partial charge in [-0.1, -0.05) is 17.2 Å². The summed E-state index contributed by atoms with van der Waals surface area (Å²) in [6, 6.07) is 1.61. The quantitative estimate of drug-likeness (QED) is 0.830. The van der Waals surface area contributed by atoms with Gasteiger partial charge in [0.2, 0.25) is 11.8 Å². The Kier molecular flexibility index (Phi) is 5.67. The van der Waals surface area contributed by atoms with Crippen LogP contribution in [0.1, 0.15) is 43.8 Å². The smallest absolute Gasteiger partial charge is 0.243 e. The van der Waals surface area contributed by atoms with Crippen molar-refractivity contribution < 1.29 is 13.8 Å². The van der Waals surface area contributed by atoms with Crippen molar-refractivity contribution in [3.8, 4) is 0 Å². The molecule has 1 saturated heterocycles. The minimum atomic E-state index is -0.185. The van der Waals surface area contributed by atoms with Gasteiger partial charge in [0.15, 0.2) is 11.6 Å². The zero-order chi connectivity index (χ0) is 18.7. The van der Waals surface area contributed by atoms with Crippen LogP contribution in [-0.2, 0) is 4.79 Å². The first kappa shape index (κ1) is 18.5. The summed E-state index contributed by atoms with van der Waals surface area (Å²) in [5.41, 5.74) is 0. The van der Waals surface area contributed by atoms with Crippen LogP contribution in [0.3, 0.4) is 0 Å². The number of carbonyl (C=O) groups is 1. The molecule has 142 valence electrons. The molecule has 0 aromatic carbocycles. The fraction of sp³-hybridized carbons (Fsp3) is 0.647. The van der Waals surface area contributed by atoms with E-state index in [-0.39, 0.29) is 18.0 Å². The average molecular weight is 362 g/mol. The van der Waals surface area contributed by atoms with Crippen LogP contribution < -0.4 is 5.32 Å². The second-order valence-corrected chi connectivity index (χ2v) is 6.66. The Morgan fingerprint density at radius 1 is 1.19 bits per heavy atom. The number of carbonyl (C=O) groups excluding carboxylic acids is 1. The van der Waals surface area contributed by atoms with Crippen molar-refractivity contribution in [2.75, 3.05) is 31.5 Å². The molecule has 3 heterocycles. The van der Waals surface area contributed by atoms with E-state index in [4.69, 9.17) is 9.05 Å². The van der Waals surface area contributed by atoms with Gasteiger partial charge in [-0.25, -0.2) is 0 Å². The summed E-state index contributed by atoms with van der Waals surface area (Å²) in [6.45, 7) is 11.0. The lowest BCUT2D eigenvalue weighted by Gasteiger charge is -2.39. The molecule has 2 aromatic rings. The van der Waals surface area contributed by atoms with Crippen LogP contribution in [-0.4, -0.2) is 63.2 Å². The third kappa shape index (κ3) is 4.10. The van der Waals surface area contributed by atoms with Crippen molar-refractivity contribution in [2.45, 2.75) is 46.2 Å². The SMILES string of the molecule is CCC(C(=O)Nc1cc(C)on1)N1CCN(C(C)c2nc(C)no2)CC1. The minimum absolute atomic E-state index is 0.0465. The largest absolute Gasteiger partial charge is 0.360 e. The third-order valence-corrected chi connectivity index (χ3v) is 4.81. The van der Waals surface area contributed by atoms with Gasteiger partial charge in [-0.3, -0.25) is 14.6 Å². The maximum absolute atomic E-state index is 12.6. The molecule has 9 heteroatoms. The molecule has 0 spiro atoms. The standard InChI is InChI=1S/C17H26N6O3/c1-5-14(16(24)19-15-10-11(2)25-21-15)23-8-6-22(7-9-23)12(3)17-18-13(4)20-26-17/h10,12,14H,5-9H2,1-4H3,(H,19,21,24). The van der Waals surface area contributed by atoms with Gasteiger partial charge in [0.05, 0.1) is 12.1 Å². The van der Waals surface area contributed by atoms with Crippen molar-refractivity contribution >= 4 is 11.7 Å². The van der Waals surface area contributed by atoms with E-state index in [1.165, 1.54) is 0 Å². The summed E-state index contributed by atoms with van der Waals surface area (Å²) < 4.78 is 10.3. The number of hydrogen-bond donors (Lipinski definition) is 1. The lowest BCUT2D eigenvalue weighted by atomic mass is 10.1. The van der Waals surface area contributed by atoms with Crippen molar-refractivity contribution in [1.29, 1.82) is 0 Å². The van der Waals surface area contributed by atoms with E-state index in [9.17, 15) is 4.79 Å². The normalized spacial score (nSPS) is 18.6. The molecule has 1 fully saturated rings. The molecular weight excluding hydrogens is 336 g/mol. The highest BCUT2D eigenvalue weighted by molar-refractivity contribution is 5.94. The van der Waals surface area contributed by atoms with E-state index in [1.54, 1.807) is 13.0 Å². The van der Waals surface area contributed by atoms with Gasteiger partial charge in [0.25, 0.3) is 0 Å². The number of piperazine rings is 1. The van der Waals surface area contributed by atoms with E-state index >= 15 is 0 Å². The van der Waals surface area contributed by atoms with E-state index in [0.29, 0.717) is 23.3 Å². The molecule has 2 atom stereocenters. The first-order chi connectivity index (χ1) is 12.5. The molecule has 0 saturated carbocycles.